The fourth-order valence-corrected chi connectivity index (χ4v) is 4.00. The summed E-state index contributed by atoms with van der Waals surface area (Å²) in [6.45, 7) is 3.69. The van der Waals surface area contributed by atoms with Crippen LogP contribution in [0.15, 0.2) is 66.0 Å². The Morgan fingerprint density at radius 3 is 2.48 bits per heavy atom. The van der Waals surface area contributed by atoms with Crippen molar-refractivity contribution < 1.29 is 13.2 Å². The van der Waals surface area contributed by atoms with Gasteiger partial charge in [-0.3, -0.25) is 0 Å². The fourth-order valence-electron chi connectivity index (χ4n) is 3.38. The Balaban J connectivity index is 1.79. The highest BCUT2D eigenvalue weighted by Crippen LogP contribution is 2.32. The Morgan fingerprint density at radius 1 is 0.935 bits per heavy atom. The van der Waals surface area contributed by atoms with Gasteiger partial charge >= 0.3 is 6.18 Å². The third-order valence-electron chi connectivity index (χ3n) is 5.10. The lowest BCUT2D eigenvalue weighted by Crippen LogP contribution is -2.05. The average Bonchev–Trinajstić information content (AvgIpc) is 3.26. The van der Waals surface area contributed by atoms with Crippen LogP contribution < -0.4 is 0 Å². The standard InChI is InChI=1S/C26H20F3NS/c1-17-9-11-21(26(27,28)29)15-20(17)14-18(2)25-16-19(10-12-22-6-5-13-31-22)23-7-3-4-8-24(23)30-25/h3-16H,1-2H3/b12-10+,18-14+. The molecule has 0 aliphatic carbocycles. The number of para-hydroxylation sites is 1. The number of pyridine rings is 1. The molecule has 5 heteroatoms. The molecule has 2 heterocycles. The third kappa shape index (κ3) is 4.78. The van der Waals surface area contributed by atoms with Crippen LogP contribution in [0.5, 0.6) is 0 Å². The fraction of sp³-hybridized carbons (Fsp3) is 0.115. The smallest absolute Gasteiger partial charge is 0.248 e. The topological polar surface area (TPSA) is 12.9 Å². The van der Waals surface area contributed by atoms with Crippen LogP contribution in [0.25, 0.3) is 34.7 Å². The lowest BCUT2D eigenvalue weighted by Gasteiger charge is -2.11. The van der Waals surface area contributed by atoms with Crippen molar-refractivity contribution in [2.45, 2.75) is 20.0 Å². The van der Waals surface area contributed by atoms with E-state index in [1.807, 2.05) is 61.7 Å². The number of alkyl halides is 3. The number of aromatic nitrogens is 1. The molecule has 0 aliphatic heterocycles. The number of hydrogen-bond acceptors (Lipinski definition) is 2. The molecule has 4 aromatic rings. The molecule has 0 amide bonds. The molecule has 2 aromatic heterocycles. The molecule has 0 aliphatic rings. The Morgan fingerprint density at radius 2 is 1.74 bits per heavy atom. The summed E-state index contributed by atoms with van der Waals surface area (Å²) in [5.41, 5.74) is 4.08. The molecular weight excluding hydrogens is 415 g/mol. The summed E-state index contributed by atoms with van der Waals surface area (Å²) in [7, 11) is 0. The van der Waals surface area contributed by atoms with Crippen molar-refractivity contribution in [3.05, 3.63) is 98.9 Å². The van der Waals surface area contributed by atoms with Crippen LogP contribution in [0, 0.1) is 6.92 Å². The Bertz CT molecular complexity index is 1280. The largest absolute Gasteiger partial charge is 0.416 e. The zero-order valence-electron chi connectivity index (χ0n) is 17.1. The van der Waals surface area contributed by atoms with Crippen LogP contribution in [0.4, 0.5) is 13.2 Å². The zero-order valence-corrected chi connectivity index (χ0v) is 17.9. The predicted octanol–water partition coefficient (Wildman–Crippen LogP) is 8.35. The van der Waals surface area contributed by atoms with Crippen LogP contribution in [0.2, 0.25) is 0 Å². The summed E-state index contributed by atoms with van der Waals surface area (Å²) in [6, 6.07) is 17.7. The normalized spacial score (nSPS) is 12.7. The highest BCUT2D eigenvalue weighted by molar-refractivity contribution is 7.10. The highest BCUT2D eigenvalue weighted by atomic mass is 32.1. The first kappa shape index (κ1) is 21.1. The maximum absolute atomic E-state index is 13.1. The number of aryl methyl sites for hydroxylation is 1. The maximum atomic E-state index is 13.1. The second-order valence-electron chi connectivity index (χ2n) is 7.36. The van der Waals surface area contributed by atoms with E-state index < -0.39 is 11.7 Å². The van der Waals surface area contributed by atoms with Gasteiger partial charge in [0.15, 0.2) is 0 Å². The Labute approximate surface area is 183 Å². The minimum atomic E-state index is -4.37. The highest BCUT2D eigenvalue weighted by Gasteiger charge is 2.30. The molecule has 0 spiro atoms. The van der Waals surface area contributed by atoms with E-state index in [1.165, 1.54) is 12.1 Å². The molecule has 0 saturated carbocycles. The van der Waals surface area contributed by atoms with Crippen molar-refractivity contribution in [2.75, 3.05) is 0 Å². The van der Waals surface area contributed by atoms with Gasteiger partial charge in [-0.15, -0.1) is 11.3 Å². The summed E-state index contributed by atoms with van der Waals surface area (Å²) in [6.07, 6.45) is 1.52. The zero-order chi connectivity index (χ0) is 22.0. The van der Waals surface area contributed by atoms with Crippen LogP contribution in [0.1, 0.15) is 39.7 Å². The first-order valence-corrected chi connectivity index (χ1v) is 10.7. The molecule has 0 bridgehead atoms. The first-order valence-electron chi connectivity index (χ1n) is 9.79. The second-order valence-corrected chi connectivity index (χ2v) is 8.34. The molecule has 2 aromatic carbocycles. The van der Waals surface area contributed by atoms with E-state index in [0.29, 0.717) is 5.56 Å². The van der Waals surface area contributed by atoms with Gasteiger partial charge in [-0.1, -0.05) is 36.4 Å². The monoisotopic (exact) mass is 435 g/mol. The van der Waals surface area contributed by atoms with E-state index in [0.717, 1.165) is 44.2 Å². The summed E-state index contributed by atoms with van der Waals surface area (Å²) < 4.78 is 39.4. The molecule has 0 saturated heterocycles. The Kier molecular flexibility index (Phi) is 5.79. The molecule has 4 rings (SSSR count). The maximum Gasteiger partial charge on any atom is 0.416 e. The number of fused-ring (bicyclic) bond motifs is 1. The van der Waals surface area contributed by atoms with E-state index in [9.17, 15) is 13.2 Å². The van der Waals surface area contributed by atoms with Crippen molar-refractivity contribution in [3.8, 4) is 0 Å². The molecule has 0 unspecified atom stereocenters. The van der Waals surface area contributed by atoms with Gasteiger partial charge in [0.2, 0.25) is 0 Å². The van der Waals surface area contributed by atoms with Crippen molar-refractivity contribution in [3.63, 3.8) is 0 Å². The minimum Gasteiger partial charge on any atom is -0.248 e. The predicted molar refractivity (Wildman–Crippen MR) is 125 cm³/mol. The number of allylic oxidation sites excluding steroid dienone is 1. The quantitative estimate of drug-likeness (QED) is 0.314. The number of benzene rings is 2. The lowest BCUT2D eigenvalue weighted by atomic mass is 9.99. The van der Waals surface area contributed by atoms with E-state index in [1.54, 1.807) is 17.4 Å². The van der Waals surface area contributed by atoms with Gasteiger partial charge in [0.1, 0.15) is 0 Å². The summed E-state index contributed by atoms with van der Waals surface area (Å²) >= 11 is 1.66. The molecule has 0 radical (unpaired) electrons. The van der Waals surface area contributed by atoms with Crippen LogP contribution in [-0.4, -0.2) is 4.98 Å². The molecule has 0 atom stereocenters. The number of hydrogen-bond donors (Lipinski definition) is 0. The third-order valence-corrected chi connectivity index (χ3v) is 5.94. The van der Waals surface area contributed by atoms with Crippen molar-refractivity contribution in [1.29, 1.82) is 0 Å². The number of thiophene rings is 1. The summed E-state index contributed by atoms with van der Waals surface area (Å²) in [4.78, 5) is 5.90. The van der Waals surface area contributed by atoms with Crippen LogP contribution in [-0.2, 0) is 6.18 Å². The second kappa shape index (κ2) is 8.52. The molecule has 31 heavy (non-hydrogen) atoms. The van der Waals surface area contributed by atoms with Gasteiger partial charge in [0.25, 0.3) is 0 Å². The van der Waals surface area contributed by atoms with Crippen molar-refractivity contribution in [1.82, 2.24) is 4.98 Å². The molecule has 0 fully saturated rings. The van der Waals surface area contributed by atoms with E-state index in [-0.39, 0.29) is 0 Å². The molecule has 1 nitrogen and oxygen atoms in total. The molecule has 0 N–H and O–H groups in total. The SMILES string of the molecule is C/C(=C\c1cc(C(F)(F)F)ccc1C)c1cc(/C=C/c2cccs2)c2ccccc2n1. The van der Waals surface area contributed by atoms with E-state index in [2.05, 4.69) is 12.2 Å². The van der Waals surface area contributed by atoms with Gasteiger partial charge in [-0.25, -0.2) is 4.98 Å². The van der Waals surface area contributed by atoms with Gasteiger partial charge < -0.3 is 0 Å². The lowest BCUT2D eigenvalue weighted by molar-refractivity contribution is -0.137. The van der Waals surface area contributed by atoms with Crippen molar-refractivity contribution in [2.24, 2.45) is 0 Å². The molecule has 156 valence electrons. The van der Waals surface area contributed by atoms with Gasteiger partial charge in [-0.2, -0.15) is 13.2 Å². The first-order chi connectivity index (χ1) is 14.8. The molecular formula is C26H20F3NS. The van der Waals surface area contributed by atoms with Gasteiger partial charge in [0, 0.05) is 10.3 Å². The van der Waals surface area contributed by atoms with E-state index in [4.69, 9.17) is 4.98 Å². The minimum absolute atomic E-state index is 0.540. The number of halogens is 3. The summed E-state index contributed by atoms with van der Waals surface area (Å²) in [5.74, 6) is 0. The van der Waals surface area contributed by atoms with Crippen LogP contribution >= 0.6 is 11.3 Å². The van der Waals surface area contributed by atoms with Crippen LogP contribution in [0.3, 0.4) is 0 Å². The Hall–Kier alpha value is -3.18. The van der Waals surface area contributed by atoms with E-state index >= 15 is 0 Å². The number of nitrogens with zero attached hydrogens (tertiary/aromatic N) is 1. The van der Waals surface area contributed by atoms with Gasteiger partial charge in [0.05, 0.1) is 16.8 Å². The summed E-state index contributed by atoms with van der Waals surface area (Å²) in [5, 5.41) is 3.06. The number of rotatable bonds is 4. The average molecular weight is 436 g/mol. The van der Waals surface area contributed by atoms with Gasteiger partial charge in [-0.05, 0) is 84.0 Å². The van der Waals surface area contributed by atoms with Crippen molar-refractivity contribution >= 4 is 46.0 Å².